The number of carbonyl (C=O) groups is 1. The number of rotatable bonds is 3. The van der Waals surface area contributed by atoms with Gasteiger partial charge in [0.2, 0.25) is 0 Å². The van der Waals surface area contributed by atoms with Gasteiger partial charge in [0.05, 0.1) is 0 Å². The lowest BCUT2D eigenvalue weighted by Gasteiger charge is -2.16. The average Bonchev–Trinajstić information content (AvgIpc) is 3.33. The number of hydrogen-bond acceptors (Lipinski definition) is 5. The Morgan fingerprint density at radius 1 is 1.17 bits per heavy atom. The van der Waals surface area contributed by atoms with Crippen LogP contribution < -0.4 is 5.32 Å². The third kappa shape index (κ3) is 3.02. The zero-order valence-corrected chi connectivity index (χ0v) is 14.1. The molecule has 3 heterocycles. The molecule has 2 aliphatic rings. The van der Waals surface area contributed by atoms with E-state index in [1.807, 2.05) is 6.92 Å². The standard InChI is InChI=1S/C17H22N6O/c1-10-9-14(19-11(2)18-10)17(24)20-13-5-6-15-21-22-16(12-3-4-12)23(15)8-7-13/h9,12-13H,3-8H2,1-2H3,(H,20,24). The Morgan fingerprint density at radius 2 is 2.00 bits per heavy atom. The van der Waals surface area contributed by atoms with E-state index in [2.05, 4.69) is 30.0 Å². The summed E-state index contributed by atoms with van der Waals surface area (Å²) >= 11 is 0. The summed E-state index contributed by atoms with van der Waals surface area (Å²) in [6.45, 7) is 4.56. The quantitative estimate of drug-likeness (QED) is 0.928. The van der Waals surface area contributed by atoms with Gasteiger partial charge in [0, 0.05) is 30.6 Å². The molecule has 4 rings (SSSR count). The van der Waals surface area contributed by atoms with Crippen molar-refractivity contribution in [1.29, 1.82) is 0 Å². The summed E-state index contributed by atoms with van der Waals surface area (Å²) in [6, 6.07) is 1.88. The number of aryl methyl sites for hydroxylation is 3. The minimum atomic E-state index is -0.117. The van der Waals surface area contributed by atoms with Gasteiger partial charge in [0.25, 0.3) is 5.91 Å². The second kappa shape index (κ2) is 5.96. The fourth-order valence-electron chi connectivity index (χ4n) is 3.39. The molecule has 1 unspecified atom stereocenters. The Hall–Kier alpha value is -2.31. The van der Waals surface area contributed by atoms with Crippen molar-refractivity contribution < 1.29 is 4.79 Å². The first kappa shape index (κ1) is 15.2. The van der Waals surface area contributed by atoms with E-state index < -0.39 is 0 Å². The fraction of sp³-hybridized carbons (Fsp3) is 0.588. The molecule has 0 radical (unpaired) electrons. The molecule has 2 aromatic rings. The highest BCUT2D eigenvalue weighted by molar-refractivity contribution is 5.92. The van der Waals surface area contributed by atoms with Crippen LogP contribution in [0.3, 0.4) is 0 Å². The highest BCUT2D eigenvalue weighted by atomic mass is 16.1. The van der Waals surface area contributed by atoms with Crippen LogP contribution in [0.2, 0.25) is 0 Å². The minimum absolute atomic E-state index is 0.117. The van der Waals surface area contributed by atoms with Gasteiger partial charge in [-0.3, -0.25) is 4.79 Å². The van der Waals surface area contributed by atoms with Gasteiger partial charge in [-0.05, 0) is 45.6 Å². The highest BCUT2D eigenvalue weighted by Crippen LogP contribution is 2.39. The van der Waals surface area contributed by atoms with Gasteiger partial charge in [-0.1, -0.05) is 0 Å². The predicted octanol–water partition coefficient (Wildman–Crippen LogP) is 1.70. The van der Waals surface area contributed by atoms with Crippen LogP contribution in [-0.4, -0.2) is 36.7 Å². The maximum Gasteiger partial charge on any atom is 0.270 e. The molecule has 0 saturated heterocycles. The Kier molecular flexibility index (Phi) is 3.78. The first-order chi connectivity index (χ1) is 11.6. The smallest absolute Gasteiger partial charge is 0.270 e. The number of fused-ring (bicyclic) bond motifs is 1. The van der Waals surface area contributed by atoms with E-state index >= 15 is 0 Å². The number of carbonyl (C=O) groups excluding carboxylic acids is 1. The molecule has 24 heavy (non-hydrogen) atoms. The minimum Gasteiger partial charge on any atom is -0.348 e. The molecule has 7 nitrogen and oxygen atoms in total. The Balaban J connectivity index is 1.44. The molecular formula is C17H22N6O. The second-order valence-corrected chi connectivity index (χ2v) is 6.84. The summed E-state index contributed by atoms with van der Waals surface area (Å²) in [7, 11) is 0. The topological polar surface area (TPSA) is 85.6 Å². The Labute approximate surface area is 140 Å². The van der Waals surface area contributed by atoms with Gasteiger partial charge in [0.15, 0.2) is 0 Å². The molecule has 1 aliphatic carbocycles. The lowest BCUT2D eigenvalue weighted by Crippen LogP contribution is -2.36. The van der Waals surface area contributed by atoms with Crippen molar-refractivity contribution in [3.8, 4) is 0 Å². The van der Waals surface area contributed by atoms with Crippen molar-refractivity contribution in [2.24, 2.45) is 0 Å². The molecular weight excluding hydrogens is 304 g/mol. The first-order valence-electron chi connectivity index (χ1n) is 8.65. The molecule has 1 saturated carbocycles. The van der Waals surface area contributed by atoms with Gasteiger partial charge in [0.1, 0.15) is 23.2 Å². The van der Waals surface area contributed by atoms with Gasteiger partial charge in [-0.15, -0.1) is 10.2 Å². The van der Waals surface area contributed by atoms with E-state index in [1.165, 1.54) is 12.8 Å². The van der Waals surface area contributed by atoms with E-state index in [0.717, 1.165) is 43.1 Å². The van der Waals surface area contributed by atoms with Crippen LogP contribution in [-0.2, 0) is 13.0 Å². The van der Waals surface area contributed by atoms with Crippen molar-refractivity contribution in [2.45, 2.75) is 64.5 Å². The monoisotopic (exact) mass is 326 g/mol. The molecule has 1 fully saturated rings. The lowest BCUT2D eigenvalue weighted by atomic mass is 10.1. The predicted molar refractivity (Wildman–Crippen MR) is 87.7 cm³/mol. The summed E-state index contributed by atoms with van der Waals surface area (Å²) in [5, 5.41) is 11.8. The molecule has 7 heteroatoms. The van der Waals surface area contributed by atoms with E-state index in [4.69, 9.17) is 0 Å². The van der Waals surface area contributed by atoms with Crippen LogP contribution in [0.25, 0.3) is 0 Å². The van der Waals surface area contributed by atoms with Crippen molar-refractivity contribution in [1.82, 2.24) is 30.0 Å². The zero-order valence-electron chi connectivity index (χ0n) is 14.1. The maximum absolute atomic E-state index is 12.5. The lowest BCUT2D eigenvalue weighted by molar-refractivity contribution is 0.0927. The third-order valence-electron chi connectivity index (χ3n) is 4.75. The third-order valence-corrected chi connectivity index (χ3v) is 4.75. The number of aromatic nitrogens is 5. The number of nitrogens with zero attached hydrogens (tertiary/aromatic N) is 5. The van der Waals surface area contributed by atoms with Crippen LogP contribution in [0.1, 0.15) is 65.3 Å². The highest BCUT2D eigenvalue weighted by Gasteiger charge is 2.31. The number of nitrogens with one attached hydrogen (secondary N) is 1. The number of amides is 1. The van der Waals surface area contributed by atoms with Gasteiger partial charge >= 0.3 is 0 Å². The normalized spacial score (nSPS) is 20.3. The molecule has 1 atom stereocenters. The molecule has 0 spiro atoms. The van der Waals surface area contributed by atoms with Crippen LogP contribution in [0.15, 0.2) is 6.07 Å². The van der Waals surface area contributed by atoms with E-state index in [0.29, 0.717) is 17.4 Å². The van der Waals surface area contributed by atoms with Gasteiger partial charge < -0.3 is 9.88 Å². The molecule has 0 aromatic carbocycles. The molecule has 126 valence electrons. The van der Waals surface area contributed by atoms with Crippen LogP contribution in [0.4, 0.5) is 0 Å². The van der Waals surface area contributed by atoms with Crippen molar-refractivity contribution >= 4 is 5.91 Å². The van der Waals surface area contributed by atoms with E-state index in [9.17, 15) is 4.79 Å². The average molecular weight is 326 g/mol. The summed E-state index contributed by atoms with van der Waals surface area (Å²) in [6.07, 6.45) is 5.10. The van der Waals surface area contributed by atoms with Crippen LogP contribution in [0.5, 0.6) is 0 Å². The summed E-state index contributed by atoms with van der Waals surface area (Å²) in [4.78, 5) is 21.0. The van der Waals surface area contributed by atoms with E-state index in [1.54, 1.807) is 13.0 Å². The van der Waals surface area contributed by atoms with Gasteiger partial charge in [-0.25, -0.2) is 9.97 Å². The molecule has 2 aromatic heterocycles. The summed E-state index contributed by atoms with van der Waals surface area (Å²) in [5.74, 6) is 3.31. The summed E-state index contributed by atoms with van der Waals surface area (Å²) in [5.41, 5.74) is 1.26. The maximum atomic E-state index is 12.5. The molecule has 1 aliphatic heterocycles. The zero-order chi connectivity index (χ0) is 16.7. The summed E-state index contributed by atoms with van der Waals surface area (Å²) < 4.78 is 2.27. The molecule has 1 N–H and O–H groups in total. The first-order valence-corrected chi connectivity index (χ1v) is 8.65. The Bertz CT molecular complexity index is 759. The fourth-order valence-corrected chi connectivity index (χ4v) is 3.39. The van der Waals surface area contributed by atoms with E-state index in [-0.39, 0.29) is 11.9 Å². The second-order valence-electron chi connectivity index (χ2n) is 6.84. The van der Waals surface area contributed by atoms with Gasteiger partial charge in [-0.2, -0.15) is 0 Å². The Morgan fingerprint density at radius 3 is 2.75 bits per heavy atom. The molecule has 1 amide bonds. The van der Waals surface area contributed by atoms with Crippen LogP contribution in [0, 0.1) is 13.8 Å². The number of hydrogen-bond donors (Lipinski definition) is 1. The molecule has 0 bridgehead atoms. The van der Waals surface area contributed by atoms with Crippen molar-refractivity contribution in [3.05, 3.63) is 34.9 Å². The van der Waals surface area contributed by atoms with Crippen molar-refractivity contribution in [3.63, 3.8) is 0 Å². The van der Waals surface area contributed by atoms with Crippen molar-refractivity contribution in [2.75, 3.05) is 0 Å². The SMILES string of the molecule is Cc1cc(C(=O)NC2CCc3nnc(C4CC4)n3CC2)nc(C)n1. The van der Waals surface area contributed by atoms with Crippen LogP contribution >= 0.6 is 0 Å². The largest absolute Gasteiger partial charge is 0.348 e.